The molecular formula is C18H17ClN2O. The number of nitrogens with one attached hydrogen (secondary N) is 2. The summed E-state index contributed by atoms with van der Waals surface area (Å²) in [6.07, 6.45) is 0. The molecule has 4 heteroatoms. The molecule has 0 aliphatic heterocycles. The van der Waals surface area contributed by atoms with Gasteiger partial charge in [-0.3, -0.25) is 4.79 Å². The van der Waals surface area contributed by atoms with Crippen molar-refractivity contribution >= 4 is 28.4 Å². The fourth-order valence-corrected chi connectivity index (χ4v) is 2.80. The largest absolute Gasteiger partial charge is 0.350 e. The minimum absolute atomic E-state index is 0.177. The van der Waals surface area contributed by atoms with Crippen LogP contribution in [-0.2, 0) is 0 Å². The van der Waals surface area contributed by atoms with E-state index >= 15 is 0 Å². The second kappa shape index (κ2) is 6.24. The van der Waals surface area contributed by atoms with E-state index in [2.05, 4.69) is 29.4 Å². The number of aromatic amines is 1. The van der Waals surface area contributed by atoms with E-state index < -0.39 is 0 Å². The summed E-state index contributed by atoms with van der Waals surface area (Å²) in [5.41, 5.74) is 2.49. The van der Waals surface area contributed by atoms with E-state index in [0.717, 1.165) is 10.9 Å². The Kier molecular flexibility index (Phi) is 4.16. The molecule has 0 unspecified atom stereocenters. The molecule has 0 aliphatic rings. The van der Waals surface area contributed by atoms with Crippen LogP contribution in [-0.4, -0.2) is 17.4 Å². The third-order valence-corrected chi connectivity index (χ3v) is 4.20. The van der Waals surface area contributed by atoms with Crippen molar-refractivity contribution in [2.75, 3.05) is 6.54 Å². The number of rotatable bonds is 4. The first-order valence-corrected chi connectivity index (χ1v) is 7.64. The predicted molar refractivity (Wildman–Crippen MR) is 90.5 cm³/mol. The van der Waals surface area contributed by atoms with Gasteiger partial charge in [0.05, 0.1) is 5.02 Å². The van der Waals surface area contributed by atoms with Crippen LogP contribution in [0.25, 0.3) is 10.9 Å². The molecule has 2 N–H and O–H groups in total. The number of carbonyl (C=O) groups is 1. The molecule has 0 aliphatic carbocycles. The Labute approximate surface area is 134 Å². The van der Waals surface area contributed by atoms with Crippen molar-refractivity contribution in [3.8, 4) is 0 Å². The Bertz CT molecular complexity index is 795. The fraction of sp³-hybridized carbons (Fsp3) is 0.167. The highest BCUT2D eigenvalue weighted by Gasteiger charge is 2.16. The number of amides is 1. The lowest BCUT2D eigenvalue weighted by Crippen LogP contribution is -2.28. The molecule has 2 aromatic carbocycles. The zero-order chi connectivity index (χ0) is 15.5. The third-order valence-electron chi connectivity index (χ3n) is 3.81. The van der Waals surface area contributed by atoms with Gasteiger partial charge in [0.15, 0.2) is 0 Å². The van der Waals surface area contributed by atoms with Crippen molar-refractivity contribution in [1.29, 1.82) is 0 Å². The minimum Gasteiger partial charge on any atom is -0.350 e. The van der Waals surface area contributed by atoms with Gasteiger partial charge < -0.3 is 10.3 Å². The molecule has 0 bridgehead atoms. The molecular weight excluding hydrogens is 296 g/mol. The van der Waals surface area contributed by atoms with Gasteiger partial charge in [-0.05, 0) is 17.5 Å². The van der Waals surface area contributed by atoms with E-state index in [1.807, 2.05) is 42.5 Å². The molecule has 0 saturated heterocycles. The number of aromatic nitrogens is 1. The standard InChI is InChI=1S/C18H17ClN2O/c1-12(13-7-3-2-4-8-13)11-20-18(22)17-16(19)14-9-5-6-10-15(14)21-17/h2-10,12,21H,11H2,1H3,(H,20,22)/t12-/m0/s1. The van der Waals surface area contributed by atoms with Crippen molar-refractivity contribution in [3.05, 3.63) is 70.9 Å². The average molecular weight is 313 g/mol. The van der Waals surface area contributed by atoms with Gasteiger partial charge in [0, 0.05) is 17.4 Å². The summed E-state index contributed by atoms with van der Waals surface area (Å²) in [6.45, 7) is 2.65. The van der Waals surface area contributed by atoms with E-state index in [1.54, 1.807) is 0 Å². The first kappa shape index (κ1) is 14.7. The Morgan fingerprint density at radius 3 is 2.55 bits per heavy atom. The number of hydrogen-bond acceptors (Lipinski definition) is 1. The zero-order valence-electron chi connectivity index (χ0n) is 12.3. The molecule has 112 valence electrons. The first-order valence-electron chi connectivity index (χ1n) is 7.26. The molecule has 1 aromatic heterocycles. The normalized spacial score (nSPS) is 12.3. The number of hydrogen-bond donors (Lipinski definition) is 2. The highest BCUT2D eigenvalue weighted by Crippen LogP contribution is 2.27. The monoisotopic (exact) mass is 312 g/mol. The fourth-order valence-electron chi connectivity index (χ4n) is 2.50. The summed E-state index contributed by atoms with van der Waals surface area (Å²) >= 11 is 6.29. The second-order valence-electron chi connectivity index (χ2n) is 5.38. The smallest absolute Gasteiger partial charge is 0.269 e. The van der Waals surface area contributed by atoms with Gasteiger partial charge in [-0.2, -0.15) is 0 Å². The summed E-state index contributed by atoms with van der Waals surface area (Å²) in [5.74, 6) is 0.0669. The van der Waals surface area contributed by atoms with Gasteiger partial charge >= 0.3 is 0 Å². The zero-order valence-corrected chi connectivity index (χ0v) is 13.0. The van der Waals surface area contributed by atoms with Gasteiger partial charge in [0.2, 0.25) is 0 Å². The molecule has 3 aromatic rings. The highest BCUT2D eigenvalue weighted by molar-refractivity contribution is 6.38. The number of fused-ring (bicyclic) bond motifs is 1. The molecule has 22 heavy (non-hydrogen) atoms. The second-order valence-corrected chi connectivity index (χ2v) is 5.76. The van der Waals surface area contributed by atoms with Gasteiger partial charge in [-0.15, -0.1) is 0 Å². The van der Waals surface area contributed by atoms with E-state index in [1.165, 1.54) is 5.56 Å². The highest BCUT2D eigenvalue weighted by atomic mass is 35.5. The van der Waals surface area contributed by atoms with Crippen molar-refractivity contribution in [2.45, 2.75) is 12.8 Å². The van der Waals surface area contributed by atoms with Crippen molar-refractivity contribution in [1.82, 2.24) is 10.3 Å². The summed E-state index contributed by atoms with van der Waals surface area (Å²) in [4.78, 5) is 15.4. The number of para-hydroxylation sites is 1. The maximum absolute atomic E-state index is 12.3. The van der Waals surface area contributed by atoms with E-state index in [0.29, 0.717) is 17.3 Å². The number of halogens is 1. The Morgan fingerprint density at radius 1 is 1.14 bits per heavy atom. The van der Waals surface area contributed by atoms with Crippen molar-refractivity contribution in [3.63, 3.8) is 0 Å². The summed E-state index contributed by atoms with van der Waals surface area (Å²) in [7, 11) is 0. The van der Waals surface area contributed by atoms with Gasteiger partial charge in [-0.1, -0.05) is 67.1 Å². The molecule has 0 spiro atoms. The molecule has 0 fully saturated rings. The first-order chi connectivity index (χ1) is 10.7. The quantitative estimate of drug-likeness (QED) is 0.739. The van der Waals surface area contributed by atoms with Crippen LogP contribution in [0.3, 0.4) is 0 Å². The molecule has 0 saturated carbocycles. The van der Waals surface area contributed by atoms with Crippen molar-refractivity contribution in [2.24, 2.45) is 0 Å². The van der Waals surface area contributed by atoms with Gasteiger partial charge in [0.25, 0.3) is 5.91 Å². The molecule has 1 heterocycles. The molecule has 1 amide bonds. The van der Waals surface area contributed by atoms with Crippen LogP contribution >= 0.6 is 11.6 Å². The van der Waals surface area contributed by atoms with E-state index in [9.17, 15) is 4.79 Å². The van der Waals surface area contributed by atoms with Crippen LogP contribution in [0.2, 0.25) is 5.02 Å². The van der Waals surface area contributed by atoms with Gasteiger partial charge in [0.1, 0.15) is 5.69 Å². The molecule has 0 radical (unpaired) electrons. The number of carbonyl (C=O) groups excluding carboxylic acids is 1. The SMILES string of the molecule is C[C@@H](CNC(=O)c1[nH]c2ccccc2c1Cl)c1ccccc1. The van der Waals surface area contributed by atoms with Crippen molar-refractivity contribution < 1.29 is 4.79 Å². The molecule has 3 rings (SSSR count). The third kappa shape index (κ3) is 2.85. The van der Waals surface area contributed by atoms with Gasteiger partial charge in [-0.25, -0.2) is 0 Å². The maximum atomic E-state index is 12.3. The van der Waals surface area contributed by atoms with Crippen LogP contribution in [0.5, 0.6) is 0 Å². The maximum Gasteiger partial charge on any atom is 0.269 e. The summed E-state index contributed by atoms with van der Waals surface area (Å²) in [6, 6.07) is 17.7. The summed E-state index contributed by atoms with van der Waals surface area (Å²) in [5, 5.41) is 4.28. The Balaban J connectivity index is 1.72. The van der Waals surface area contributed by atoms with Crippen LogP contribution in [0.15, 0.2) is 54.6 Å². The topological polar surface area (TPSA) is 44.9 Å². The van der Waals surface area contributed by atoms with E-state index in [-0.39, 0.29) is 11.8 Å². The summed E-state index contributed by atoms with van der Waals surface area (Å²) < 4.78 is 0. The lowest BCUT2D eigenvalue weighted by atomic mass is 10.0. The van der Waals surface area contributed by atoms with Crippen LogP contribution < -0.4 is 5.32 Å². The Morgan fingerprint density at radius 2 is 1.82 bits per heavy atom. The molecule has 3 nitrogen and oxygen atoms in total. The lowest BCUT2D eigenvalue weighted by molar-refractivity contribution is 0.0947. The number of H-pyrrole nitrogens is 1. The van der Waals surface area contributed by atoms with Crippen LogP contribution in [0, 0.1) is 0 Å². The lowest BCUT2D eigenvalue weighted by Gasteiger charge is -2.12. The predicted octanol–water partition coefficient (Wildman–Crippen LogP) is 4.35. The number of benzene rings is 2. The Hall–Kier alpha value is -2.26. The van der Waals surface area contributed by atoms with Crippen LogP contribution in [0.1, 0.15) is 28.9 Å². The minimum atomic E-state index is -0.177. The van der Waals surface area contributed by atoms with E-state index in [4.69, 9.17) is 11.6 Å². The molecule has 1 atom stereocenters. The average Bonchev–Trinajstić information content (AvgIpc) is 2.90. The van der Waals surface area contributed by atoms with Crippen LogP contribution in [0.4, 0.5) is 0 Å².